The zero-order chi connectivity index (χ0) is 19.8. The van der Waals surface area contributed by atoms with Gasteiger partial charge in [0.1, 0.15) is 17.5 Å². The average molecular weight is 380 g/mol. The maximum atomic E-state index is 13.4. The van der Waals surface area contributed by atoms with Crippen molar-refractivity contribution in [2.75, 3.05) is 18.5 Å². The molecule has 2 rings (SSSR count). The lowest BCUT2D eigenvalue weighted by Crippen LogP contribution is -2.28. The van der Waals surface area contributed by atoms with Gasteiger partial charge in [0.15, 0.2) is 6.61 Å². The van der Waals surface area contributed by atoms with Crippen LogP contribution >= 0.6 is 0 Å². The van der Waals surface area contributed by atoms with Crippen LogP contribution in [0.15, 0.2) is 42.5 Å². The molecule has 0 atom stereocenters. The molecule has 6 nitrogen and oxygen atoms in total. The van der Waals surface area contributed by atoms with Gasteiger partial charge in [-0.15, -0.1) is 0 Å². The largest absolute Gasteiger partial charge is 0.456 e. The van der Waals surface area contributed by atoms with Gasteiger partial charge in [0.25, 0.3) is 11.8 Å². The van der Waals surface area contributed by atoms with Crippen molar-refractivity contribution in [2.24, 2.45) is 0 Å². The Morgan fingerprint density at radius 1 is 0.926 bits per heavy atom. The number of rotatable bonds is 7. The first-order valence-electron chi connectivity index (χ1n) is 7.79. The standard InChI is InChI=1S/C18H15F3N2O4/c19-11-1-4-13(5-2-11)23-16(24)10-27-17(25)7-8-22-18(26)14-6-3-12(20)9-15(14)21/h1-6,9H,7-8,10H2,(H,22,26)(H,23,24). The van der Waals surface area contributed by atoms with Crippen LogP contribution in [0.4, 0.5) is 18.9 Å². The van der Waals surface area contributed by atoms with Crippen LogP contribution in [0.3, 0.4) is 0 Å². The summed E-state index contributed by atoms with van der Waals surface area (Å²) in [6.07, 6.45) is -0.252. The molecular formula is C18H15F3N2O4. The minimum absolute atomic E-state index is 0.159. The summed E-state index contributed by atoms with van der Waals surface area (Å²) < 4.78 is 43.7. The van der Waals surface area contributed by atoms with Crippen molar-refractivity contribution in [1.82, 2.24) is 5.32 Å². The SMILES string of the molecule is O=C(COC(=O)CCNC(=O)c1ccc(F)cc1F)Nc1ccc(F)cc1. The second-order valence-electron chi connectivity index (χ2n) is 5.35. The minimum Gasteiger partial charge on any atom is -0.456 e. The Morgan fingerprint density at radius 3 is 2.26 bits per heavy atom. The molecule has 2 N–H and O–H groups in total. The first-order valence-corrected chi connectivity index (χ1v) is 7.79. The van der Waals surface area contributed by atoms with Crippen LogP contribution in [0.25, 0.3) is 0 Å². The smallest absolute Gasteiger partial charge is 0.308 e. The quantitative estimate of drug-likeness (QED) is 0.723. The van der Waals surface area contributed by atoms with E-state index in [1.165, 1.54) is 12.1 Å². The second-order valence-corrected chi connectivity index (χ2v) is 5.35. The van der Waals surface area contributed by atoms with E-state index in [1.807, 2.05) is 0 Å². The van der Waals surface area contributed by atoms with Crippen molar-refractivity contribution in [3.63, 3.8) is 0 Å². The maximum Gasteiger partial charge on any atom is 0.308 e. The van der Waals surface area contributed by atoms with E-state index in [2.05, 4.69) is 10.6 Å². The molecule has 2 amide bonds. The Morgan fingerprint density at radius 2 is 1.59 bits per heavy atom. The molecule has 0 aliphatic rings. The summed E-state index contributed by atoms with van der Waals surface area (Å²) in [5.41, 5.74) is -0.0190. The molecule has 142 valence electrons. The molecular weight excluding hydrogens is 365 g/mol. The Balaban J connectivity index is 1.69. The normalized spacial score (nSPS) is 10.2. The number of carbonyl (C=O) groups excluding carboxylic acids is 3. The van der Waals surface area contributed by atoms with Crippen molar-refractivity contribution >= 4 is 23.5 Å². The molecule has 0 radical (unpaired) electrons. The first kappa shape index (κ1) is 20.0. The van der Waals surface area contributed by atoms with Crippen LogP contribution in [0.2, 0.25) is 0 Å². The van der Waals surface area contributed by atoms with Gasteiger partial charge in [-0.3, -0.25) is 14.4 Å². The van der Waals surface area contributed by atoms with Gasteiger partial charge in [-0.25, -0.2) is 13.2 Å². The summed E-state index contributed by atoms with van der Waals surface area (Å²) >= 11 is 0. The number of anilines is 1. The molecule has 0 saturated carbocycles. The Bertz CT molecular complexity index is 841. The predicted octanol–water partition coefficient (Wildman–Crippen LogP) is 2.41. The highest BCUT2D eigenvalue weighted by atomic mass is 19.1. The number of hydrogen-bond donors (Lipinski definition) is 2. The number of amides is 2. The van der Waals surface area contributed by atoms with Gasteiger partial charge in [-0.2, -0.15) is 0 Å². The van der Waals surface area contributed by atoms with E-state index in [-0.39, 0.29) is 18.5 Å². The zero-order valence-corrected chi connectivity index (χ0v) is 13.9. The van der Waals surface area contributed by atoms with Crippen LogP contribution in [0, 0.1) is 17.5 Å². The minimum atomic E-state index is -1.02. The van der Waals surface area contributed by atoms with Gasteiger partial charge in [0.2, 0.25) is 0 Å². The van der Waals surface area contributed by atoms with E-state index in [0.717, 1.165) is 24.3 Å². The van der Waals surface area contributed by atoms with Crippen LogP contribution < -0.4 is 10.6 Å². The Kier molecular flexibility index (Phi) is 6.93. The van der Waals surface area contributed by atoms with Crippen molar-refractivity contribution < 1.29 is 32.3 Å². The zero-order valence-electron chi connectivity index (χ0n) is 13.9. The number of ether oxygens (including phenoxy) is 1. The number of nitrogens with one attached hydrogen (secondary N) is 2. The molecule has 0 spiro atoms. The molecule has 0 fully saturated rings. The highest BCUT2D eigenvalue weighted by Crippen LogP contribution is 2.09. The summed E-state index contributed by atoms with van der Waals surface area (Å²) in [7, 11) is 0. The predicted molar refractivity (Wildman–Crippen MR) is 89.3 cm³/mol. The molecule has 0 aromatic heterocycles. The third-order valence-electron chi connectivity index (χ3n) is 3.28. The summed E-state index contributed by atoms with van der Waals surface area (Å²) in [4.78, 5) is 34.9. The fourth-order valence-corrected chi connectivity index (χ4v) is 2.00. The average Bonchev–Trinajstić information content (AvgIpc) is 2.62. The van der Waals surface area contributed by atoms with Gasteiger partial charge < -0.3 is 15.4 Å². The number of halogens is 3. The molecule has 2 aromatic carbocycles. The Hall–Kier alpha value is -3.36. The van der Waals surface area contributed by atoms with Crippen molar-refractivity contribution in [1.29, 1.82) is 0 Å². The van der Waals surface area contributed by atoms with Crippen LogP contribution in [0.5, 0.6) is 0 Å². The molecule has 27 heavy (non-hydrogen) atoms. The highest BCUT2D eigenvalue weighted by molar-refractivity contribution is 5.95. The van der Waals surface area contributed by atoms with Gasteiger partial charge in [0.05, 0.1) is 12.0 Å². The maximum absolute atomic E-state index is 13.4. The molecule has 0 bridgehead atoms. The summed E-state index contributed by atoms with van der Waals surface area (Å²) in [5.74, 6) is -4.48. The number of carbonyl (C=O) groups is 3. The fourth-order valence-electron chi connectivity index (χ4n) is 2.00. The summed E-state index contributed by atoms with van der Waals surface area (Å²) in [6.45, 7) is -0.717. The fraction of sp³-hybridized carbons (Fsp3) is 0.167. The molecule has 2 aromatic rings. The summed E-state index contributed by atoms with van der Waals surface area (Å²) in [5, 5.41) is 4.69. The molecule has 0 aliphatic carbocycles. The lowest BCUT2D eigenvalue weighted by atomic mass is 10.2. The lowest BCUT2D eigenvalue weighted by molar-refractivity contribution is -0.147. The van der Waals surface area contributed by atoms with Gasteiger partial charge in [-0.05, 0) is 36.4 Å². The monoisotopic (exact) mass is 380 g/mol. The van der Waals surface area contributed by atoms with E-state index in [4.69, 9.17) is 4.74 Å². The molecule has 0 aliphatic heterocycles. The number of benzene rings is 2. The molecule has 9 heteroatoms. The van der Waals surface area contributed by atoms with Crippen LogP contribution in [-0.4, -0.2) is 30.9 Å². The highest BCUT2D eigenvalue weighted by Gasteiger charge is 2.13. The van der Waals surface area contributed by atoms with Crippen molar-refractivity contribution in [2.45, 2.75) is 6.42 Å². The van der Waals surface area contributed by atoms with Gasteiger partial charge in [0, 0.05) is 18.3 Å². The van der Waals surface area contributed by atoms with E-state index < -0.39 is 41.8 Å². The van der Waals surface area contributed by atoms with Gasteiger partial charge in [-0.1, -0.05) is 0 Å². The van der Waals surface area contributed by atoms with E-state index >= 15 is 0 Å². The van der Waals surface area contributed by atoms with Gasteiger partial charge >= 0.3 is 5.97 Å². The first-order chi connectivity index (χ1) is 12.8. The van der Waals surface area contributed by atoms with E-state index in [0.29, 0.717) is 11.8 Å². The second kappa shape index (κ2) is 9.37. The third kappa shape index (κ3) is 6.46. The van der Waals surface area contributed by atoms with Crippen molar-refractivity contribution in [3.05, 3.63) is 65.5 Å². The number of hydrogen-bond acceptors (Lipinski definition) is 4. The number of esters is 1. The third-order valence-corrected chi connectivity index (χ3v) is 3.28. The Labute approximate surface area is 152 Å². The topological polar surface area (TPSA) is 84.5 Å². The lowest BCUT2D eigenvalue weighted by Gasteiger charge is -2.08. The molecule has 0 unspecified atom stereocenters. The van der Waals surface area contributed by atoms with Crippen LogP contribution in [0.1, 0.15) is 16.8 Å². The van der Waals surface area contributed by atoms with Crippen LogP contribution in [-0.2, 0) is 14.3 Å². The summed E-state index contributed by atoms with van der Waals surface area (Å²) in [6, 6.07) is 7.51. The molecule has 0 heterocycles. The van der Waals surface area contributed by atoms with E-state index in [1.54, 1.807) is 0 Å². The van der Waals surface area contributed by atoms with Crippen molar-refractivity contribution in [3.8, 4) is 0 Å². The molecule has 0 saturated heterocycles. The van der Waals surface area contributed by atoms with E-state index in [9.17, 15) is 27.6 Å².